The molecule has 1 unspecified atom stereocenters. The number of hydrogen-bond acceptors (Lipinski definition) is 2. The molecule has 1 heterocycles. The number of nitrogens with zero attached hydrogens (tertiary/aromatic N) is 1. The number of likely N-dealkylation sites (tertiary alicyclic amines) is 1. The molecule has 1 saturated heterocycles. The van der Waals surface area contributed by atoms with Crippen molar-refractivity contribution in [1.29, 1.82) is 0 Å². The van der Waals surface area contributed by atoms with Gasteiger partial charge in [0.1, 0.15) is 0 Å². The third kappa shape index (κ3) is 2.39. The van der Waals surface area contributed by atoms with Crippen molar-refractivity contribution in [3.8, 4) is 0 Å². The van der Waals surface area contributed by atoms with Crippen LogP contribution >= 0.6 is 0 Å². The average molecular weight is 258 g/mol. The van der Waals surface area contributed by atoms with Gasteiger partial charge in [-0.2, -0.15) is 0 Å². The molecule has 0 saturated carbocycles. The van der Waals surface area contributed by atoms with Crippen LogP contribution in [0.2, 0.25) is 0 Å². The predicted octanol–water partition coefficient (Wildman–Crippen LogP) is 2.13. The summed E-state index contributed by atoms with van der Waals surface area (Å²) in [4.78, 5) is 14.6. The van der Waals surface area contributed by atoms with Crippen molar-refractivity contribution in [2.45, 2.75) is 44.6 Å². The van der Waals surface area contributed by atoms with Crippen LogP contribution in [0.4, 0.5) is 0 Å². The Balaban J connectivity index is 1.82. The number of hydrogen-bond donors (Lipinski definition) is 1. The average Bonchev–Trinajstić information content (AvgIpc) is 2.93. The van der Waals surface area contributed by atoms with Crippen LogP contribution < -0.4 is 5.73 Å². The molecule has 0 radical (unpaired) electrons. The van der Waals surface area contributed by atoms with Crippen molar-refractivity contribution in [3.05, 3.63) is 34.9 Å². The number of nitrogens with two attached hydrogens (primary N) is 1. The van der Waals surface area contributed by atoms with Gasteiger partial charge >= 0.3 is 0 Å². The van der Waals surface area contributed by atoms with Gasteiger partial charge in [0, 0.05) is 24.7 Å². The highest BCUT2D eigenvalue weighted by molar-refractivity contribution is 5.94. The zero-order valence-electron chi connectivity index (χ0n) is 11.4. The molecule has 2 N–H and O–H groups in total. The number of piperidine rings is 1. The molecule has 0 bridgehead atoms. The van der Waals surface area contributed by atoms with E-state index < -0.39 is 0 Å². The van der Waals surface area contributed by atoms with E-state index in [4.69, 9.17) is 5.73 Å². The maximum absolute atomic E-state index is 12.6. The smallest absolute Gasteiger partial charge is 0.254 e. The zero-order valence-corrected chi connectivity index (χ0v) is 11.4. The Morgan fingerprint density at radius 1 is 1.21 bits per heavy atom. The van der Waals surface area contributed by atoms with Crippen LogP contribution in [0.3, 0.4) is 0 Å². The van der Waals surface area contributed by atoms with E-state index in [0.717, 1.165) is 31.4 Å². The SMILES string of the molecule is NCC1CCCCN1C(=O)c1ccc2c(c1)CCC2. The topological polar surface area (TPSA) is 46.3 Å². The van der Waals surface area contributed by atoms with Crippen molar-refractivity contribution in [2.75, 3.05) is 13.1 Å². The van der Waals surface area contributed by atoms with E-state index in [-0.39, 0.29) is 11.9 Å². The summed E-state index contributed by atoms with van der Waals surface area (Å²) in [7, 11) is 0. The maximum atomic E-state index is 12.6. The Labute approximate surface area is 114 Å². The number of rotatable bonds is 2. The largest absolute Gasteiger partial charge is 0.334 e. The summed E-state index contributed by atoms with van der Waals surface area (Å²) in [6.07, 6.45) is 6.86. The number of carbonyl (C=O) groups is 1. The van der Waals surface area contributed by atoms with E-state index in [9.17, 15) is 4.79 Å². The number of aryl methyl sites for hydroxylation is 2. The minimum Gasteiger partial charge on any atom is -0.334 e. The third-order valence-corrected chi connectivity index (χ3v) is 4.51. The summed E-state index contributed by atoms with van der Waals surface area (Å²) >= 11 is 0. The normalized spacial score (nSPS) is 22.4. The van der Waals surface area contributed by atoms with Crippen LogP contribution in [0.1, 0.15) is 47.2 Å². The monoisotopic (exact) mass is 258 g/mol. The molecule has 3 rings (SSSR count). The van der Waals surface area contributed by atoms with Crippen molar-refractivity contribution >= 4 is 5.91 Å². The summed E-state index contributed by atoms with van der Waals surface area (Å²) in [6.45, 7) is 1.44. The van der Waals surface area contributed by atoms with Gasteiger partial charge in [-0.3, -0.25) is 4.79 Å². The molecule has 1 amide bonds. The molecule has 1 aliphatic carbocycles. The first-order chi connectivity index (χ1) is 9.29. The molecule has 0 spiro atoms. The number of fused-ring (bicyclic) bond motifs is 1. The molecule has 1 fully saturated rings. The molecule has 3 nitrogen and oxygen atoms in total. The molecule has 0 aromatic heterocycles. The standard InChI is InChI=1S/C16H22N2O/c17-11-15-6-1-2-9-18(15)16(19)14-8-7-12-4-3-5-13(12)10-14/h7-8,10,15H,1-6,9,11,17H2. The lowest BCUT2D eigenvalue weighted by molar-refractivity contribution is 0.0623. The van der Waals surface area contributed by atoms with Gasteiger partial charge in [-0.1, -0.05) is 6.07 Å². The summed E-state index contributed by atoms with van der Waals surface area (Å²) in [5.41, 5.74) is 9.44. The fraction of sp³-hybridized carbons (Fsp3) is 0.562. The van der Waals surface area contributed by atoms with E-state index in [2.05, 4.69) is 12.1 Å². The van der Waals surface area contributed by atoms with Crippen molar-refractivity contribution in [3.63, 3.8) is 0 Å². The first-order valence-corrected chi connectivity index (χ1v) is 7.42. The van der Waals surface area contributed by atoms with E-state index >= 15 is 0 Å². The summed E-state index contributed by atoms with van der Waals surface area (Å²) < 4.78 is 0. The maximum Gasteiger partial charge on any atom is 0.254 e. The van der Waals surface area contributed by atoms with Gasteiger partial charge in [0.05, 0.1) is 0 Å². The first kappa shape index (κ1) is 12.7. The molecule has 1 aromatic rings. The fourth-order valence-electron chi connectivity index (χ4n) is 3.38. The number of carbonyl (C=O) groups excluding carboxylic acids is 1. The van der Waals surface area contributed by atoms with Crippen molar-refractivity contribution in [1.82, 2.24) is 4.90 Å². The summed E-state index contributed by atoms with van der Waals surface area (Å²) in [5, 5.41) is 0. The van der Waals surface area contributed by atoms with E-state index in [0.29, 0.717) is 6.54 Å². The van der Waals surface area contributed by atoms with Crippen molar-refractivity contribution < 1.29 is 4.79 Å². The quantitative estimate of drug-likeness (QED) is 0.883. The minimum atomic E-state index is 0.171. The van der Waals surface area contributed by atoms with Gasteiger partial charge in [0.15, 0.2) is 0 Å². The van der Waals surface area contributed by atoms with Crippen LogP contribution in [-0.2, 0) is 12.8 Å². The molecule has 1 aliphatic heterocycles. The van der Waals surface area contributed by atoms with E-state index in [1.165, 1.54) is 30.4 Å². The molecule has 2 aliphatic rings. The van der Waals surface area contributed by atoms with Gasteiger partial charge in [0.2, 0.25) is 0 Å². The highest BCUT2D eigenvalue weighted by Crippen LogP contribution is 2.25. The van der Waals surface area contributed by atoms with Crippen LogP contribution in [0.15, 0.2) is 18.2 Å². The zero-order chi connectivity index (χ0) is 13.2. The Morgan fingerprint density at radius 2 is 2.05 bits per heavy atom. The lowest BCUT2D eigenvalue weighted by Crippen LogP contribution is -2.47. The Kier molecular flexibility index (Phi) is 3.56. The molecular weight excluding hydrogens is 236 g/mol. The van der Waals surface area contributed by atoms with Crippen LogP contribution in [-0.4, -0.2) is 29.9 Å². The van der Waals surface area contributed by atoms with E-state index in [1.54, 1.807) is 0 Å². The summed E-state index contributed by atoms with van der Waals surface area (Å²) in [6, 6.07) is 6.47. The van der Waals surface area contributed by atoms with Gasteiger partial charge in [-0.05, 0) is 61.8 Å². The van der Waals surface area contributed by atoms with E-state index in [1.807, 2.05) is 11.0 Å². The van der Waals surface area contributed by atoms with Gasteiger partial charge < -0.3 is 10.6 Å². The highest BCUT2D eigenvalue weighted by Gasteiger charge is 2.27. The number of benzene rings is 1. The van der Waals surface area contributed by atoms with Crippen LogP contribution in [0.25, 0.3) is 0 Å². The second-order valence-corrected chi connectivity index (χ2v) is 5.72. The lowest BCUT2D eigenvalue weighted by atomic mass is 9.99. The Morgan fingerprint density at radius 3 is 2.89 bits per heavy atom. The van der Waals surface area contributed by atoms with Crippen LogP contribution in [0, 0.1) is 0 Å². The second kappa shape index (κ2) is 5.33. The molecule has 1 aromatic carbocycles. The highest BCUT2D eigenvalue weighted by atomic mass is 16.2. The van der Waals surface area contributed by atoms with Crippen LogP contribution in [0.5, 0.6) is 0 Å². The predicted molar refractivity (Wildman–Crippen MR) is 76.2 cm³/mol. The second-order valence-electron chi connectivity index (χ2n) is 5.72. The number of amides is 1. The summed E-state index contributed by atoms with van der Waals surface area (Å²) in [5.74, 6) is 0.171. The molecular formula is C16H22N2O. The lowest BCUT2D eigenvalue weighted by Gasteiger charge is -2.35. The minimum absolute atomic E-state index is 0.171. The van der Waals surface area contributed by atoms with Gasteiger partial charge in [-0.25, -0.2) is 0 Å². The molecule has 102 valence electrons. The Bertz CT molecular complexity index is 484. The van der Waals surface area contributed by atoms with Gasteiger partial charge in [-0.15, -0.1) is 0 Å². The fourth-order valence-corrected chi connectivity index (χ4v) is 3.38. The third-order valence-electron chi connectivity index (χ3n) is 4.51. The molecule has 3 heteroatoms. The molecule has 1 atom stereocenters. The van der Waals surface area contributed by atoms with Crippen molar-refractivity contribution in [2.24, 2.45) is 5.73 Å². The van der Waals surface area contributed by atoms with Gasteiger partial charge in [0.25, 0.3) is 5.91 Å². The Hall–Kier alpha value is -1.35. The first-order valence-electron chi connectivity index (χ1n) is 7.42. The molecule has 19 heavy (non-hydrogen) atoms.